The molecule has 0 aliphatic carbocycles. The number of amides is 1. The highest BCUT2D eigenvalue weighted by atomic mass is 19.4. The van der Waals surface area contributed by atoms with Gasteiger partial charge in [0.2, 0.25) is 5.76 Å². The van der Waals surface area contributed by atoms with Crippen molar-refractivity contribution in [2.75, 3.05) is 0 Å². The van der Waals surface area contributed by atoms with Crippen molar-refractivity contribution in [1.82, 2.24) is 15.1 Å². The van der Waals surface area contributed by atoms with Crippen LogP contribution in [0.15, 0.2) is 16.5 Å². The third-order valence-electron chi connectivity index (χ3n) is 3.30. The molecule has 0 unspecified atom stereocenters. The fourth-order valence-electron chi connectivity index (χ4n) is 2.32. The summed E-state index contributed by atoms with van der Waals surface area (Å²) >= 11 is 0. The van der Waals surface area contributed by atoms with Gasteiger partial charge in [-0.2, -0.15) is 18.3 Å². The molecule has 0 bridgehead atoms. The quantitative estimate of drug-likeness (QED) is 0.916. The number of hydrogen-bond donors (Lipinski definition) is 1. The number of aromatic nitrogens is 2. The maximum atomic E-state index is 12.8. The van der Waals surface area contributed by atoms with Crippen molar-refractivity contribution >= 4 is 5.91 Å². The van der Waals surface area contributed by atoms with Crippen molar-refractivity contribution in [3.63, 3.8) is 0 Å². The first-order valence-electron chi connectivity index (χ1n) is 7.20. The molecule has 0 aliphatic heterocycles. The lowest BCUT2D eigenvalue weighted by Gasteiger charge is -2.07. The van der Waals surface area contributed by atoms with Crippen LogP contribution in [0, 0.1) is 6.92 Å². The van der Waals surface area contributed by atoms with E-state index in [1.54, 1.807) is 13.1 Å². The first kappa shape index (κ1) is 17.1. The van der Waals surface area contributed by atoms with Crippen molar-refractivity contribution in [3.05, 3.63) is 40.6 Å². The summed E-state index contributed by atoms with van der Waals surface area (Å²) in [6.07, 6.45) is -2.96. The van der Waals surface area contributed by atoms with Crippen LogP contribution < -0.4 is 5.32 Å². The Morgan fingerprint density at radius 2 is 2.09 bits per heavy atom. The molecule has 2 heterocycles. The molecule has 5 nitrogen and oxygen atoms in total. The third-order valence-corrected chi connectivity index (χ3v) is 3.30. The Morgan fingerprint density at radius 1 is 1.39 bits per heavy atom. The molecule has 0 saturated carbocycles. The molecule has 0 saturated heterocycles. The smallest absolute Gasteiger partial charge is 0.449 e. The average molecular weight is 329 g/mol. The minimum Gasteiger partial charge on any atom is -0.456 e. The molecule has 2 aromatic rings. The second-order valence-corrected chi connectivity index (χ2v) is 5.29. The summed E-state index contributed by atoms with van der Waals surface area (Å²) in [7, 11) is 1.62. The zero-order valence-electron chi connectivity index (χ0n) is 13.1. The molecule has 2 aromatic heterocycles. The number of nitrogens with one attached hydrogen (secondary N) is 1. The minimum atomic E-state index is -4.59. The van der Waals surface area contributed by atoms with Crippen molar-refractivity contribution in [3.8, 4) is 0 Å². The standard InChI is InChI=1S/C15H18F3N3O2/c1-4-5-11-7-12(21(3)20-11)14(22)19-8-10-6-9(2)23-13(10)15(16,17)18/h6-7H,4-5,8H2,1-3H3,(H,19,22). The van der Waals surface area contributed by atoms with E-state index in [-0.39, 0.29) is 17.9 Å². The van der Waals surface area contributed by atoms with E-state index in [0.717, 1.165) is 18.5 Å². The zero-order chi connectivity index (χ0) is 17.2. The van der Waals surface area contributed by atoms with Crippen LogP contribution in [0.1, 0.15) is 46.6 Å². The number of aryl methyl sites for hydroxylation is 3. The summed E-state index contributed by atoms with van der Waals surface area (Å²) in [5.74, 6) is -1.41. The van der Waals surface area contributed by atoms with Gasteiger partial charge < -0.3 is 9.73 Å². The van der Waals surface area contributed by atoms with Gasteiger partial charge in [0.05, 0.1) is 5.69 Å². The molecule has 0 atom stereocenters. The van der Waals surface area contributed by atoms with Crippen LogP contribution >= 0.6 is 0 Å². The predicted octanol–water partition coefficient (Wildman–Crippen LogP) is 3.22. The van der Waals surface area contributed by atoms with Gasteiger partial charge in [0, 0.05) is 19.2 Å². The van der Waals surface area contributed by atoms with Gasteiger partial charge in [0.1, 0.15) is 11.5 Å². The molecule has 126 valence electrons. The lowest BCUT2D eigenvalue weighted by molar-refractivity contribution is -0.154. The number of hydrogen-bond acceptors (Lipinski definition) is 3. The van der Waals surface area contributed by atoms with Crippen molar-refractivity contribution in [2.45, 2.75) is 39.4 Å². The fourth-order valence-corrected chi connectivity index (χ4v) is 2.32. The summed E-state index contributed by atoms with van der Waals surface area (Å²) in [6.45, 7) is 3.16. The lowest BCUT2D eigenvalue weighted by Crippen LogP contribution is -2.26. The van der Waals surface area contributed by atoms with E-state index in [4.69, 9.17) is 0 Å². The molecule has 0 aliphatic rings. The van der Waals surface area contributed by atoms with Gasteiger partial charge in [-0.1, -0.05) is 13.3 Å². The fraction of sp³-hybridized carbons (Fsp3) is 0.467. The van der Waals surface area contributed by atoms with Gasteiger partial charge in [0.25, 0.3) is 5.91 Å². The van der Waals surface area contributed by atoms with E-state index in [2.05, 4.69) is 14.8 Å². The van der Waals surface area contributed by atoms with Crippen LogP contribution in [0.25, 0.3) is 0 Å². The molecule has 0 aromatic carbocycles. The van der Waals surface area contributed by atoms with E-state index >= 15 is 0 Å². The lowest BCUT2D eigenvalue weighted by atomic mass is 10.2. The van der Waals surface area contributed by atoms with Gasteiger partial charge in [0.15, 0.2) is 0 Å². The Kier molecular flexibility index (Phi) is 4.82. The van der Waals surface area contributed by atoms with Crippen molar-refractivity contribution < 1.29 is 22.4 Å². The van der Waals surface area contributed by atoms with Crippen LogP contribution in [-0.2, 0) is 26.2 Å². The average Bonchev–Trinajstić information content (AvgIpc) is 2.99. The first-order valence-corrected chi connectivity index (χ1v) is 7.20. The molecular formula is C15H18F3N3O2. The number of carbonyl (C=O) groups excluding carboxylic acids is 1. The van der Waals surface area contributed by atoms with Gasteiger partial charge in [-0.3, -0.25) is 9.48 Å². The largest absolute Gasteiger partial charge is 0.456 e. The Labute approximate surface area is 131 Å². The van der Waals surface area contributed by atoms with Crippen LogP contribution in [0.5, 0.6) is 0 Å². The van der Waals surface area contributed by atoms with E-state index < -0.39 is 17.8 Å². The Hall–Kier alpha value is -2.25. The van der Waals surface area contributed by atoms with Crippen LogP contribution in [-0.4, -0.2) is 15.7 Å². The third kappa shape index (κ3) is 3.94. The topological polar surface area (TPSA) is 60.1 Å². The summed E-state index contributed by atoms with van der Waals surface area (Å²) in [6, 6.07) is 2.92. The predicted molar refractivity (Wildman–Crippen MR) is 76.8 cm³/mol. The summed E-state index contributed by atoms with van der Waals surface area (Å²) in [4.78, 5) is 12.1. The molecule has 0 fully saturated rings. The summed E-state index contributed by atoms with van der Waals surface area (Å²) < 4.78 is 44.6. The Balaban J connectivity index is 2.11. The molecule has 0 radical (unpaired) electrons. The second kappa shape index (κ2) is 6.47. The maximum Gasteiger partial charge on any atom is 0.449 e. The minimum absolute atomic E-state index is 0.0979. The number of halogens is 3. The first-order chi connectivity index (χ1) is 10.7. The van der Waals surface area contributed by atoms with E-state index in [1.807, 2.05) is 6.92 Å². The second-order valence-electron chi connectivity index (χ2n) is 5.29. The molecule has 1 N–H and O–H groups in total. The normalized spacial score (nSPS) is 11.7. The monoisotopic (exact) mass is 329 g/mol. The summed E-state index contributed by atoms with van der Waals surface area (Å²) in [5, 5.41) is 6.67. The van der Waals surface area contributed by atoms with E-state index in [0.29, 0.717) is 5.69 Å². The number of carbonyl (C=O) groups is 1. The highest BCUT2D eigenvalue weighted by Crippen LogP contribution is 2.33. The molecule has 23 heavy (non-hydrogen) atoms. The molecular weight excluding hydrogens is 311 g/mol. The highest BCUT2D eigenvalue weighted by molar-refractivity contribution is 5.92. The van der Waals surface area contributed by atoms with Gasteiger partial charge in [-0.15, -0.1) is 0 Å². The molecule has 2 rings (SSSR count). The Morgan fingerprint density at radius 3 is 2.70 bits per heavy atom. The van der Waals surface area contributed by atoms with Gasteiger partial charge in [-0.25, -0.2) is 0 Å². The molecule has 8 heteroatoms. The van der Waals surface area contributed by atoms with E-state index in [1.165, 1.54) is 17.7 Å². The SMILES string of the molecule is CCCc1cc(C(=O)NCc2cc(C)oc2C(F)(F)F)n(C)n1. The van der Waals surface area contributed by atoms with Crippen molar-refractivity contribution in [1.29, 1.82) is 0 Å². The highest BCUT2D eigenvalue weighted by Gasteiger charge is 2.38. The van der Waals surface area contributed by atoms with Crippen molar-refractivity contribution in [2.24, 2.45) is 7.05 Å². The number of nitrogens with zero attached hydrogens (tertiary/aromatic N) is 2. The van der Waals surface area contributed by atoms with Gasteiger partial charge >= 0.3 is 6.18 Å². The van der Waals surface area contributed by atoms with Gasteiger partial charge in [-0.05, 0) is 25.5 Å². The zero-order valence-corrected chi connectivity index (χ0v) is 13.1. The number of rotatable bonds is 5. The summed E-state index contributed by atoms with van der Waals surface area (Å²) in [5.41, 5.74) is 0.983. The number of alkyl halides is 3. The van der Waals surface area contributed by atoms with Crippen LogP contribution in [0.3, 0.4) is 0 Å². The molecule has 0 spiro atoms. The maximum absolute atomic E-state index is 12.8. The van der Waals surface area contributed by atoms with E-state index in [9.17, 15) is 18.0 Å². The van der Waals surface area contributed by atoms with Crippen LogP contribution in [0.2, 0.25) is 0 Å². The Bertz CT molecular complexity index is 701. The van der Waals surface area contributed by atoms with Crippen LogP contribution in [0.4, 0.5) is 13.2 Å². The number of furan rings is 1. The molecule has 1 amide bonds.